The van der Waals surface area contributed by atoms with Crippen LogP contribution in [0.25, 0.3) is 0 Å². The van der Waals surface area contributed by atoms with Gasteiger partial charge in [-0.15, -0.1) is 0 Å². The molecule has 0 aliphatic carbocycles. The van der Waals surface area contributed by atoms with E-state index in [2.05, 4.69) is 29.4 Å². The van der Waals surface area contributed by atoms with Gasteiger partial charge in [0.25, 0.3) is 0 Å². The van der Waals surface area contributed by atoms with Gasteiger partial charge in [-0.3, -0.25) is 0 Å². The Balaban J connectivity index is 2.04. The van der Waals surface area contributed by atoms with Gasteiger partial charge >= 0.3 is 0 Å². The number of hydrogen-bond donors (Lipinski definition) is 2. The van der Waals surface area contributed by atoms with Gasteiger partial charge in [0.1, 0.15) is 0 Å². The van der Waals surface area contributed by atoms with Crippen molar-refractivity contribution in [3.05, 3.63) is 0 Å². The van der Waals surface area contributed by atoms with Gasteiger partial charge in [-0.05, 0) is 46.3 Å². The first kappa shape index (κ1) is 12.0. The lowest BCUT2D eigenvalue weighted by Crippen LogP contribution is -2.32. The summed E-state index contributed by atoms with van der Waals surface area (Å²) in [7, 11) is 2.00. The molecule has 3 heteroatoms. The maximum Gasteiger partial charge on any atom is 0.00767 e. The second kappa shape index (κ2) is 6.38. The Morgan fingerprint density at radius 1 is 1.36 bits per heavy atom. The van der Waals surface area contributed by atoms with Gasteiger partial charge in [-0.1, -0.05) is 0 Å². The Labute approximate surface area is 88.2 Å². The Morgan fingerprint density at radius 2 is 2.14 bits per heavy atom. The average molecular weight is 199 g/mol. The molecular formula is C11H25N3. The zero-order chi connectivity index (χ0) is 10.4. The van der Waals surface area contributed by atoms with Crippen LogP contribution in [0.2, 0.25) is 0 Å². The van der Waals surface area contributed by atoms with Crippen LogP contribution in [0.15, 0.2) is 0 Å². The molecule has 2 N–H and O–H groups in total. The van der Waals surface area contributed by atoms with Crippen LogP contribution in [0.1, 0.15) is 20.3 Å². The Morgan fingerprint density at radius 3 is 2.71 bits per heavy atom. The van der Waals surface area contributed by atoms with E-state index in [1.807, 2.05) is 7.05 Å². The van der Waals surface area contributed by atoms with Crippen LogP contribution in [0.5, 0.6) is 0 Å². The Kier molecular flexibility index (Phi) is 5.45. The quantitative estimate of drug-likeness (QED) is 0.611. The molecule has 0 bridgehead atoms. The molecule has 1 aliphatic heterocycles. The van der Waals surface area contributed by atoms with E-state index >= 15 is 0 Å². The van der Waals surface area contributed by atoms with Gasteiger partial charge in [0, 0.05) is 25.7 Å². The first-order chi connectivity index (χ1) is 6.74. The standard InChI is InChI=1S/C11H25N3/c1-10(2)14-7-4-11(9-14)8-13-6-5-12-3/h10-13H,4-9H2,1-3H3. The SMILES string of the molecule is CNCCNCC1CCN(C(C)C)C1. The minimum Gasteiger partial charge on any atom is -0.318 e. The van der Waals surface area contributed by atoms with E-state index in [9.17, 15) is 0 Å². The third-order valence-corrected chi connectivity index (χ3v) is 3.03. The number of likely N-dealkylation sites (tertiary alicyclic amines) is 1. The number of hydrogen-bond acceptors (Lipinski definition) is 3. The lowest BCUT2D eigenvalue weighted by atomic mass is 10.1. The van der Waals surface area contributed by atoms with Gasteiger partial charge in [0.2, 0.25) is 0 Å². The van der Waals surface area contributed by atoms with Crippen molar-refractivity contribution in [2.45, 2.75) is 26.3 Å². The van der Waals surface area contributed by atoms with Crippen molar-refractivity contribution in [1.82, 2.24) is 15.5 Å². The molecule has 0 saturated carbocycles. The van der Waals surface area contributed by atoms with Crippen LogP contribution in [-0.4, -0.2) is 50.7 Å². The molecule has 3 nitrogen and oxygen atoms in total. The van der Waals surface area contributed by atoms with Crippen LogP contribution in [0, 0.1) is 5.92 Å². The van der Waals surface area contributed by atoms with Crippen molar-refractivity contribution < 1.29 is 0 Å². The van der Waals surface area contributed by atoms with Crippen molar-refractivity contribution in [2.75, 3.05) is 39.8 Å². The zero-order valence-corrected chi connectivity index (χ0v) is 9.84. The van der Waals surface area contributed by atoms with Crippen molar-refractivity contribution in [3.8, 4) is 0 Å². The summed E-state index contributed by atoms with van der Waals surface area (Å²) in [6, 6.07) is 0.720. The molecule has 1 heterocycles. The second-order valence-electron chi connectivity index (χ2n) is 4.55. The second-order valence-corrected chi connectivity index (χ2v) is 4.55. The van der Waals surface area contributed by atoms with E-state index in [4.69, 9.17) is 0 Å². The highest BCUT2D eigenvalue weighted by atomic mass is 15.2. The molecule has 84 valence electrons. The fourth-order valence-electron chi connectivity index (χ4n) is 2.02. The minimum absolute atomic E-state index is 0.720. The van der Waals surface area contributed by atoms with Crippen molar-refractivity contribution in [1.29, 1.82) is 0 Å². The summed E-state index contributed by atoms with van der Waals surface area (Å²) in [4.78, 5) is 2.57. The Bertz CT molecular complexity index is 147. The van der Waals surface area contributed by atoms with Crippen LogP contribution in [0.3, 0.4) is 0 Å². The van der Waals surface area contributed by atoms with Crippen LogP contribution >= 0.6 is 0 Å². The predicted octanol–water partition coefficient (Wildman–Crippen LogP) is 0.526. The van der Waals surface area contributed by atoms with Crippen molar-refractivity contribution in [2.24, 2.45) is 5.92 Å². The number of likely N-dealkylation sites (N-methyl/N-ethyl adjacent to an activating group) is 1. The third-order valence-electron chi connectivity index (χ3n) is 3.03. The molecule has 0 amide bonds. The van der Waals surface area contributed by atoms with Crippen LogP contribution in [-0.2, 0) is 0 Å². The molecule has 0 aromatic heterocycles. The van der Waals surface area contributed by atoms with E-state index in [1.165, 1.54) is 26.1 Å². The minimum atomic E-state index is 0.720. The topological polar surface area (TPSA) is 27.3 Å². The van der Waals surface area contributed by atoms with E-state index < -0.39 is 0 Å². The maximum atomic E-state index is 3.50. The van der Waals surface area contributed by atoms with Gasteiger partial charge in [0.15, 0.2) is 0 Å². The van der Waals surface area contributed by atoms with Gasteiger partial charge < -0.3 is 15.5 Å². The molecule has 1 atom stereocenters. The lowest BCUT2D eigenvalue weighted by Gasteiger charge is -2.20. The molecule has 0 aromatic carbocycles. The van der Waals surface area contributed by atoms with Crippen molar-refractivity contribution >= 4 is 0 Å². The third kappa shape index (κ3) is 3.95. The summed E-state index contributed by atoms with van der Waals surface area (Å²) in [5.41, 5.74) is 0. The smallest absolute Gasteiger partial charge is 0.00767 e. The number of rotatable bonds is 6. The highest BCUT2D eigenvalue weighted by Gasteiger charge is 2.23. The molecule has 14 heavy (non-hydrogen) atoms. The van der Waals surface area contributed by atoms with E-state index in [0.717, 1.165) is 25.0 Å². The molecular weight excluding hydrogens is 174 g/mol. The molecule has 1 rings (SSSR count). The Hall–Kier alpha value is -0.120. The summed E-state index contributed by atoms with van der Waals surface area (Å²) in [5, 5.41) is 6.65. The molecule has 1 aliphatic rings. The lowest BCUT2D eigenvalue weighted by molar-refractivity contribution is 0.264. The van der Waals surface area contributed by atoms with Gasteiger partial charge in [0.05, 0.1) is 0 Å². The average Bonchev–Trinajstić information content (AvgIpc) is 2.61. The van der Waals surface area contributed by atoms with E-state index in [-0.39, 0.29) is 0 Å². The number of nitrogens with zero attached hydrogens (tertiary/aromatic N) is 1. The molecule has 0 aromatic rings. The first-order valence-corrected chi connectivity index (χ1v) is 5.83. The highest BCUT2D eigenvalue weighted by molar-refractivity contribution is 4.79. The van der Waals surface area contributed by atoms with Crippen LogP contribution in [0.4, 0.5) is 0 Å². The normalized spacial score (nSPS) is 23.6. The monoisotopic (exact) mass is 199 g/mol. The first-order valence-electron chi connectivity index (χ1n) is 5.83. The molecule has 1 saturated heterocycles. The summed E-state index contributed by atoms with van der Waals surface area (Å²) >= 11 is 0. The van der Waals surface area contributed by atoms with Crippen LogP contribution < -0.4 is 10.6 Å². The zero-order valence-electron chi connectivity index (χ0n) is 9.84. The van der Waals surface area contributed by atoms with Crippen molar-refractivity contribution in [3.63, 3.8) is 0 Å². The maximum absolute atomic E-state index is 3.50. The molecule has 0 radical (unpaired) electrons. The summed E-state index contributed by atoms with van der Waals surface area (Å²) in [5.74, 6) is 0.870. The molecule has 1 fully saturated rings. The van der Waals surface area contributed by atoms with E-state index in [0.29, 0.717) is 0 Å². The number of nitrogens with one attached hydrogen (secondary N) is 2. The molecule has 1 unspecified atom stereocenters. The summed E-state index contributed by atoms with van der Waals surface area (Å²) in [6.07, 6.45) is 1.37. The fourth-order valence-corrected chi connectivity index (χ4v) is 2.02. The van der Waals surface area contributed by atoms with E-state index in [1.54, 1.807) is 0 Å². The van der Waals surface area contributed by atoms with Gasteiger partial charge in [-0.25, -0.2) is 0 Å². The predicted molar refractivity (Wildman–Crippen MR) is 61.6 cm³/mol. The fraction of sp³-hybridized carbons (Fsp3) is 1.00. The largest absolute Gasteiger partial charge is 0.318 e. The van der Waals surface area contributed by atoms with Gasteiger partial charge in [-0.2, -0.15) is 0 Å². The summed E-state index contributed by atoms with van der Waals surface area (Å²) in [6.45, 7) is 10.5. The highest BCUT2D eigenvalue weighted by Crippen LogP contribution is 2.17. The molecule has 0 spiro atoms. The summed E-state index contributed by atoms with van der Waals surface area (Å²) < 4.78 is 0.